The van der Waals surface area contributed by atoms with Crippen molar-refractivity contribution in [2.45, 2.75) is 50.4 Å². The molecule has 1 aliphatic carbocycles. The van der Waals surface area contributed by atoms with Crippen molar-refractivity contribution in [2.75, 3.05) is 13.6 Å². The van der Waals surface area contributed by atoms with Crippen LogP contribution in [0.15, 0.2) is 0 Å². The number of rotatable bonds is 2. The lowest BCUT2D eigenvalue weighted by Gasteiger charge is -2.30. The van der Waals surface area contributed by atoms with Crippen LogP contribution in [0.3, 0.4) is 0 Å². The van der Waals surface area contributed by atoms with Gasteiger partial charge in [-0.1, -0.05) is 12.8 Å². The van der Waals surface area contributed by atoms with Crippen molar-refractivity contribution < 1.29 is 9.53 Å². The number of amides is 1. The molecule has 1 aliphatic heterocycles. The van der Waals surface area contributed by atoms with Gasteiger partial charge in [0.05, 0.1) is 6.10 Å². The van der Waals surface area contributed by atoms with Gasteiger partial charge in [0, 0.05) is 26.1 Å². The van der Waals surface area contributed by atoms with Crippen molar-refractivity contribution in [3.8, 4) is 0 Å². The van der Waals surface area contributed by atoms with Gasteiger partial charge < -0.3 is 15.4 Å². The van der Waals surface area contributed by atoms with Crippen molar-refractivity contribution in [1.82, 2.24) is 4.90 Å². The number of nitrogens with two attached hydrogens (primary N) is 1. The number of hydrogen-bond acceptors (Lipinski definition) is 3. The second-order valence-electron chi connectivity index (χ2n) is 4.66. The molecule has 4 heteroatoms. The zero-order valence-electron chi connectivity index (χ0n) is 9.32. The third-order valence-corrected chi connectivity index (χ3v) is 3.47. The molecule has 3 atom stereocenters. The molecule has 3 unspecified atom stereocenters. The molecule has 0 bridgehead atoms. The Labute approximate surface area is 90.8 Å². The van der Waals surface area contributed by atoms with E-state index in [1.807, 2.05) is 7.05 Å². The first-order chi connectivity index (χ1) is 7.18. The molecule has 0 aromatic carbocycles. The lowest BCUT2D eigenvalue weighted by Crippen LogP contribution is -2.43. The highest BCUT2D eigenvalue weighted by molar-refractivity contribution is 5.82. The van der Waals surface area contributed by atoms with E-state index < -0.39 is 0 Å². The monoisotopic (exact) mass is 212 g/mol. The maximum Gasteiger partial charge on any atom is 0.251 e. The van der Waals surface area contributed by atoms with E-state index in [4.69, 9.17) is 10.5 Å². The zero-order chi connectivity index (χ0) is 10.8. The molecule has 2 aliphatic rings. The lowest BCUT2D eigenvalue weighted by atomic mass is 9.93. The molecule has 0 aromatic heterocycles. The molecular weight excluding hydrogens is 192 g/mol. The van der Waals surface area contributed by atoms with E-state index in [-0.39, 0.29) is 24.2 Å². The number of hydrogen-bond donors (Lipinski definition) is 1. The number of ether oxygens (including phenoxy) is 1. The molecule has 1 heterocycles. The summed E-state index contributed by atoms with van der Waals surface area (Å²) in [5, 5.41) is 0. The van der Waals surface area contributed by atoms with E-state index in [0.717, 1.165) is 25.8 Å². The summed E-state index contributed by atoms with van der Waals surface area (Å²) in [6, 6.07) is 0.123. The molecule has 2 fully saturated rings. The molecule has 15 heavy (non-hydrogen) atoms. The van der Waals surface area contributed by atoms with Crippen LogP contribution in [-0.2, 0) is 9.53 Å². The maximum atomic E-state index is 11.6. The average Bonchev–Trinajstić information content (AvgIpc) is 2.53. The van der Waals surface area contributed by atoms with Gasteiger partial charge in [-0.05, 0) is 12.8 Å². The Morgan fingerprint density at radius 3 is 2.67 bits per heavy atom. The van der Waals surface area contributed by atoms with Crippen molar-refractivity contribution in [3.63, 3.8) is 0 Å². The highest BCUT2D eigenvalue weighted by Crippen LogP contribution is 2.23. The average molecular weight is 212 g/mol. The van der Waals surface area contributed by atoms with Gasteiger partial charge in [0.25, 0.3) is 5.91 Å². The summed E-state index contributed by atoms with van der Waals surface area (Å²) in [6.45, 7) is 0.811. The Kier molecular flexibility index (Phi) is 3.26. The molecular formula is C11H20N2O2. The highest BCUT2D eigenvalue weighted by atomic mass is 16.5. The molecule has 0 aromatic rings. The van der Waals surface area contributed by atoms with E-state index in [1.165, 1.54) is 12.8 Å². The van der Waals surface area contributed by atoms with Crippen LogP contribution < -0.4 is 5.73 Å². The zero-order valence-corrected chi connectivity index (χ0v) is 9.32. The predicted octanol–water partition coefficient (Wildman–Crippen LogP) is 0.504. The fourth-order valence-electron chi connectivity index (χ4n) is 2.42. The third-order valence-electron chi connectivity index (χ3n) is 3.47. The van der Waals surface area contributed by atoms with Gasteiger partial charge in [-0.3, -0.25) is 4.79 Å². The first kappa shape index (κ1) is 10.9. The summed E-state index contributed by atoms with van der Waals surface area (Å²) in [6.07, 6.45) is 5.09. The Balaban J connectivity index is 1.88. The number of carbonyl (C=O) groups excluding carboxylic acids is 1. The minimum atomic E-state index is -0.232. The standard InChI is InChI=1S/C11H20N2O2/c1-13-7-6-10(11(13)14)15-9-5-3-2-4-8(9)12/h8-10H,2-7,12H2,1H3. The van der Waals surface area contributed by atoms with Crippen molar-refractivity contribution in [3.05, 3.63) is 0 Å². The summed E-state index contributed by atoms with van der Waals surface area (Å²) >= 11 is 0. The van der Waals surface area contributed by atoms with E-state index in [2.05, 4.69) is 0 Å². The number of nitrogens with zero attached hydrogens (tertiary/aromatic N) is 1. The Hall–Kier alpha value is -0.610. The fraction of sp³-hybridized carbons (Fsp3) is 0.909. The molecule has 0 radical (unpaired) electrons. The van der Waals surface area contributed by atoms with E-state index in [1.54, 1.807) is 4.90 Å². The number of carbonyl (C=O) groups is 1. The SMILES string of the molecule is CN1CCC(OC2CCCCC2N)C1=O. The van der Waals surface area contributed by atoms with E-state index in [0.29, 0.717) is 0 Å². The van der Waals surface area contributed by atoms with Gasteiger partial charge in [0.1, 0.15) is 6.10 Å². The summed E-state index contributed by atoms with van der Waals surface area (Å²) < 4.78 is 5.83. The lowest BCUT2D eigenvalue weighted by molar-refractivity contribution is -0.141. The molecule has 1 amide bonds. The molecule has 0 spiro atoms. The predicted molar refractivity (Wildman–Crippen MR) is 57.4 cm³/mol. The summed E-state index contributed by atoms with van der Waals surface area (Å²) in [4.78, 5) is 13.4. The van der Waals surface area contributed by atoms with Gasteiger partial charge >= 0.3 is 0 Å². The Morgan fingerprint density at radius 1 is 1.33 bits per heavy atom. The van der Waals surface area contributed by atoms with Crippen LogP contribution in [0.4, 0.5) is 0 Å². The van der Waals surface area contributed by atoms with E-state index >= 15 is 0 Å². The molecule has 86 valence electrons. The van der Waals surface area contributed by atoms with Crippen molar-refractivity contribution >= 4 is 5.91 Å². The Morgan fingerprint density at radius 2 is 2.07 bits per heavy atom. The van der Waals surface area contributed by atoms with Crippen molar-refractivity contribution in [1.29, 1.82) is 0 Å². The first-order valence-corrected chi connectivity index (χ1v) is 5.84. The quantitative estimate of drug-likeness (QED) is 0.725. The summed E-state index contributed by atoms with van der Waals surface area (Å²) in [7, 11) is 1.83. The molecule has 4 nitrogen and oxygen atoms in total. The van der Waals surface area contributed by atoms with Crippen LogP contribution in [0.2, 0.25) is 0 Å². The van der Waals surface area contributed by atoms with Gasteiger partial charge in [0.15, 0.2) is 0 Å². The topological polar surface area (TPSA) is 55.6 Å². The minimum Gasteiger partial charge on any atom is -0.363 e. The molecule has 1 saturated carbocycles. The molecule has 1 saturated heterocycles. The molecule has 2 rings (SSSR count). The van der Waals surface area contributed by atoms with Crippen LogP contribution in [0.5, 0.6) is 0 Å². The van der Waals surface area contributed by atoms with Crippen LogP contribution in [-0.4, -0.2) is 42.6 Å². The normalized spacial score (nSPS) is 37.3. The summed E-state index contributed by atoms with van der Waals surface area (Å²) in [5.41, 5.74) is 5.99. The van der Waals surface area contributed by atoms with Crippen molar-refractivity contribution in [2.24, 2.45) is 5.73 Å². The van der Waals surface area contributed by atoms with Gasteiger partial charge in [-0.15, -0.1) is 0 Å². The van der Waals surface area contributed by atoms with E-state index in [9.17, 15) is 4.79 Å². The first-order valence-electron chi connectivity index (χ1n) is 5.84. The fourth-order valence-corrected chi connectivity index (χ4v) is 2.42. The maximum absolute atomic E-state index is 11.6. The smallest absolute Gasteiger partial charge is 0.251 e. The van der Waals surface area contributed by atoms with Gasteiger partial charge in [-0.25, -0.2) is 0 Å². The summed E-state index contributed by atoms with van der Waals surface area (Å²) in [5.74, 6) is 0.118. The minimum absolute atomic E-state index is 0.0965. The third kappa shape index (κ3) is 2.32. The second kappa shape index (κ2) is 4.49. The second-order valence-corrected chi connectivity index (χ2v) is 4.66. The van der Waals surface area contributed by atoms with Gasteiger partial charge in [-0.2, -0.15) is 0 Å². The van der Waals surface area contributed by atoms with Crippen LogP contribution in [0.1, 0.15) is 32.1 Å². The molecule has 2 N–H and O–H groups in total. The number of likely N-dealkylation sites (tertiary alicyclic amines) is 1. The number of likely N-dealkylation sites (N-methyl/N-ethyl adjacent to an activating group) is 1. The van der Waals surface area contributed by atoms with Crippen LogP contribution in [0.25, 0.3) is 0 Å². The Bertz CT molecular complexity index is 245. The van der Waals surface area contributed by atoms with Crippen LogP contribution in [0, 0.1) is 0 Å². The van der Waals surface area contributed by atoms with Crippen LogP contribution >= 0.6 is 0 Å². The highest BCUT2D eigenvalue weighted by Gasteiger charge is 2.34. The van der Waals surface area contributed by atoms with Gasteiger partial charge in [0.2, 0.25) is 0 Å². The largest absolute Gasteiger partial charge is 0.363 e.